The van der Waals surface area contributed by atoms with Crippen LogP contribution < -0.4 is 10.6 Å². The van der Waals surface area contributed by atoms with Gasteiger partial charge in [-0.2, -0.15) is 0 Å². The minimum Gasteiger partial charge on any atom is -0.345 e. The fourth-order valence-electron chi connectivity index (χ4n) is 2.05. The zero-order chi connectivity index (χ0) is 14.4. The van der Waals surface area contributed by atoms with Gasteiger partial charge in [0.25, 0.3) is 0 Å². The Morgan fingerprint density at radius 2 is 2.15 bits per heavy atom. The molecule has 1 heterocycles. The van der Waals surface area contributed by atoms with Crippen LogP contribution in [-0.4, -0.2) is 17.0 Å². The second kappa shape index (κ2) is 6.91. The van der Waals surface area contributed by atoms with Crippen LogP contribution in [-0.2, 0) is 17.9 Å². The Morgan fingerprint density at radius 1 is 1.30 bits per heavy atom. The Kier molecular flexibility index (Phi) is 4.96. The lowest BCUT2D eigenvalue weighted by Gasteiger charge is -2.06. The zero-order valence-electron chi connectivity index (χ0n) is 12.0. The van der Waals surface area contributed by atoms with E-state index < -0.39 is 0 Å². The largest absolute Gasteiger partial charge is 0.345 e. The van der Waals surface area contributed by atoms with Crippen LogP contribution in [0.3, 0.4) is 0 Å². The van der Waals surface area contributed by atoms with Gasteiger partial charge >= 0.3 is 0 Å². The fourth-order valence-corrected chi connectivity index (χ4v) is 2.05. The highest BCUT2D eigenvalue weighted by Gasteiger charge is 2.04. The first-order valence-electron chi connectivity index (χ1n) is 6.89. The zero-order valence-corrected chi connectivity index (χ0v) is 12.0. The van der Waals surface area contributed by atoms with Crippen molar-refractivity contribution in [3.05, 3.63) is 53.9 Å². The molecule has 0 saturated heterocycles. The topological polar surface area (TPSA) is 46.1 Å². The number of anilines is 1. The number of benzene rings is 1. The van der Waals surface area contributed by atoms with Gasteiger partial charge in [-0.1, -0.05) is 19.1 Å². The number of rotatable bonds is 6. The van der Waals surface area contributed by atoms with Gasteiger partial charge in [0.2, 0.25) is 5.91 Å². The van der Waals surface area contributed by atoms with E-state index in [4.69, 9.17) is 0 Å². The Labute approximate surface area is 119 Å². The molecule has 0 fully saturated rings. The molecule has 0 unspecified atom stereocenters. The molecule has 0 aliphatic heterocycles. The molecule has 0 aliphatic rings. The highest BCUT2D eigenvalue weighted by molar-refractivity contribution is 5.90. The molecule has 2 aromatic rings. The summed E-state index contributed by atoms with van der Waals surface area (Å²) in [5.74, 6) is -0.0128. The lowest BCUT2D eigenvalue weighted by molar-refractivity contribution is -0.116. The molecular formula is C16H21N3O. The lowest BCUT2D eigenvalue weighted by atomic mass is 10.2. The molecule has 2 rings (SSSR count). The monoisotopic (exact) mass is 271 g/mol. The molecule has 1 aromatic carbocycles. The quantitative estimate of drug-likeness (QED) is 0.848. The van der Waals surface area contributed by atoms with Crippen molar-refractivity contribution in [1.82, 2.24) is 9.88 Å². The lowest BCUT2D eigenvalue weighted by Crippen LogP contribution is -2.18. The minimum absolute atomic E-state index is 0.0128. The molecular weight excluding hydrogens is 250 g/mol. The summed E-state index contributed by atoms with van der Waals surface area (Å²) in [5.41, 5.74) is 3.17. The van der Waals surface area contributed by atoms with E-state index in [1.165, 1.54) is 5.56 Å². The molecule has 0 radical (unpaired) electrons. The first kappa shape index (κ1) is 14.3. The van der Waals surface area contributed by atoms with E-state index in [0.29, 0.717) is 6.54 Å². The number of carbonyl (C=O) groups is 1. The molecule has 4 heteroatoms. The second-order valence-electron chi connectivity index (χ2n) is 4.89. The van der Waals surface area contributed by atoms with Crippen molar-refractivity contribution in [2.24, 2.45) is 0 Å². The average Bonchev–Trinajstić information content (AvgIpc) is 2.83. The van der Waals surface area contributed by atoms with E-state index >= 15 is 0 Å². The summed E-state index contributed by atoms with van der Waals surface area (Å²) in [6.45, 7) is 6.20. The van der Waals surface area contributed by atoms with Crippen LogP contribution in [0.1, 0.15) is 18.1 Å². The van der Waals surface area contributed by atoms with Gasteiger partial charge in [-0.25, -0.2) is 0 Å². The maximum Gasteiger partial charge on any atom is 0.244 e. The van der Waals surface area contributed by atoms with Crippen molar-refractivity contribution in [2.75, 3.05) is 11.9 Å². The van der Waals surface area contributed by atoms with Crippen LogP contribution >= 0.6 is 0 Å². The summed E-state index contributed by atoms with van der Waals surface area (Å²) < 4.78 is 1.90. The molecule has 20 heavy (non-hydrogen) atoms. The van der Waals surface area contributed by atoms with Crippen LogP contribution in [0, 0.1) is 6.92 Å². The number of hydrogen-bond acceptors (Lipinski definition) is 2. The number of carbonyl (C=O) groups excluding carboxylic acids is 1. The molecule has 0 saturated carbocycles. The van der Waals surface area contributed by atoms with Crippen molar-refractivity contribution in [1.29, 1.82) is 0 Å². The molecule has 106 valence electrons. The van der Waals surface area contributed by atoms with Gasteiger partial charge in [-0.05, 0) is 42.8 Å². The van der Waals surface area contributed by atoms with Gasteiger partial charge < -0.3 is 15.2 Å². The minimum atomic E-state index is -0.0128. The molecule has 0 spiro atoms. The average molecular weight is 271 g/mol. The first-order chi connectivity index (χ1) is 9.67. The number of nitrogens with one attached hydrogen (secondary N) is 2. The van der Waals surface area contributed by atoms with Crippen LogP contribution in [0.2, 0.25) is 0 Å². The molecule has 4 nitrogen and oxygen atoms in total. The number of aromatic nitrogens is 1. The third kappa shape index (κ3) is 4.24. The SMILES string of the molecule is CCNCc1ccn(CC(=O)Nc2cccc(C)c2)c1. The molecule has 1 aromatic heterocycles. The molecule has 2 N–H and O–H groups in total. The Hall–Kier alpha value is -2.07. The van der Waals surface area contributed by atoms with E-state index in [0.717, 1.165) is 24.3 Å². The van der Waals surface area contributed by atoms with E-state index in [9.17, 15) is 4.79 Å². The van der Waals surface area contributed by atoms with E-state index in [2.05, 4.69) is 17.6 Å². The summed E-state index contributed by atoms with van der Waals surface area (Å²) in [4.78, 5) is 12.0. The number of aryl methyl sites for hydroxylation is 1. The van der Waals surface area contributed by atoms with Crippen molar-refractivity contribution >= 4 is 11.6 Å². The maximum atomic E-state index is 12.0. The smallest absolute Gasteiger partial charge is 0.244 e. The van der Waals surface area contributed by atoms with Crippen molar-refractivity contribution in [2.45, 2.75) is 26.9 Å². The summed E-state index contributed by atoms with van der Waals surface area (Å²) in [5, 5.41) is 6.17. The van der Waals surface area contributed by atoms with Crippen molar-refractivity contribution in [3.8, 4) is 0 Å². The number of nitrogens with zero attached hydrogens (tertiary/aromatic N) is 1. The summed E-state index contributed by atoms with van der Waals surface area (Å²) >= 11 is 0. The van der Waals surface area contributed by atoms with Gasteiger partial charge in [0.1, 0.15) is 6.54 Å². The van der Waals surface area contributed by atoms with E-state index in [1.807, 2.05) is 54.2 Å². The Morgan fingerprint density at radius 3 is 2.90 bits per heavy atom. The third-order valence-corrected chi connectivity index (χ3v) is 3.02. The van der Waals surface area contributed by atoms with Crippen molar-refractivity contribution < 1.29 is 4.79 Å². The predicted molar refractivity (Wildman–Crippen MR) is 81.6 cm³/mol. The predicted octanol–water partition coefficient (Wildman–Crippen LogP) is 2.54. The van der Waals surface area contributed by atoms with Gasteiger partial charge in [0, 0.05) is 24.6 Å². The van der Waals surface area contributed by atoms with Gasteiger partial charge in [0.15, 0.2) is 0 Å². The molecule has 0 atom stereocenters. The van der Waals surface area contributed by atoms with Gasteiger partial charge in [-0.15, -0.1) is 0 Å². The van der Waals surface area contributed by atoms with Crippen molar-refractivity contribution in [3.63, 3.8) is 0 Å². The van der Waals surface area contributed by atoms with E-state index in [-0.39, 0.29) is 5.91 Å². The number of hydrogen-bond donors (Lipinski definition) is 2. The molecule has 0 bridgehead atoms. The fraction of sp³-hybridized carbons (Fsp3) is 0.312. The summed E-state index contributed by atoms with van der Waals surface area (Å²) in [6, 6.07) is 9.84. The Balaban J connectivity index is 1.89. The standard InChI is InChI=1S/C16H21N3O/c1-3-17-10-14-7-8-19(11-14)12-16(20)18-15-6-4-5-13(2)9-15/h4-9,11,17H,3,10,12H2,1-2H3,(H,18,20). The molecule has 1 amide bonds. The highest BCUT2D eigenvalue weighted by Crippen LogP contribution is 2.09. The molecule has 0 aliphatic carbocycles. The second-order valence-corrected chi connectivity index (χ2v) is 4.89. The van der Waals surface area contributed by atoms with Crippen LogP contribution in [0.4, 0.5) is 5.69 Å². The van der Waals surface area contributed by atoms with Crippen LogP contribution in [0.5, 0.6) is 0 Å². The summed E-state index contributed by atoms with van der Waals surface area (Å²) in [7, 11) is 0. The summed E-state index contributed by atoms with van der Waals surface area (Å²) in [6.07, 6.45) is 3.93. The van der Waals surface area contributed by atoms with Gasteiger partial charge in [0.05, 0.1) is 0 Å². The maximum absolute atomic E-state index is 12.0. The van der Waals surface area contributed by atoms with Crippen LogP contribution in [0.15, 0.2) is 42.7 Å². The van der Waals surface area contributed by atoms with Crippen LogP contribution in [0.25, 0.3) is 0 Å². The first-order valence-corrected chi connectivity index (χ1v) is 6.89. The van der Waals surface area contributed by atoms with E-state index in [1.54, 1.807) is 0 Å². The highest BCUT2D eigenvalue weighted by atomic mass is 16.1. The van der Waals surface area contributed by atoms with Gasteiger partial charge in [-0.3, -0.25) is 4.79 Å². The normalized spacial score (nSPS) is 10.5. The Bertz CT molecular complexity index is 575. The number of amides is 1. The third-order valence-electron chi connectivity index (χ3n) is 3.02.